The van der Waals surface area contributed by atoms with Gasteiger partial charge in [0.15, 0.2) is 0 Å². The van der Waals surface area contributed by atoms with Crippen LogP contribution in [0.4, 0.5) is 9.18 Å². The van der Waals surface area contributed by atoms with Crippen molar-refractivity contribution in [1.82, 2.24) is 25.3 Å². The first-order valence-corrected chi connectivity index (χ1v) is 8.13. The van der Waals surface area contributed by atoms with Gasteiger partial charge >= 0.3 is 6.03 Å². The number of carbonyl (C=O) groups excluding carboxylic acids is 2. The standard InChI is InChI=1S/C17H20FN5O2/c1-22-10-8-15(16(22)24)20-17(25)19-9-6-13-7-11-23(21-13)14-4-2-12(18)3-5-14/h2-5,7,11,15H,6,8-10H2,1H3,(H2,19,20,25). The number of urea groups is 1. The molecule has 1 saturated heterocycles. The number of amides is 3. The van der Waals surface area contributed by atoms with Gasteiger partial charge in [-0.1, -0.05) is 0 Å². The summed E-state index contributed by atoms with van der Waals surface area (Å²) >= 11 is 0. The molecule has 1 atom stereocenters. The fraction of sp³-hybridized carbons (Fsp3) is 0.353. The molecule has 1 unspecified atom stereocenters. The van der Waals surface area contributed by atoms with Crippen molar-refractivity contribution in [3.63, 3.8) is 0 Å². The second-order valence-corrected chi connectivity index (χ2v) is 5.98. The summed E-state index contributed by atoms with van der Waals surface area (Å²) in [4.78, 5) is 25.2. The number of likely N-dealkylation sites (tertiary alicyclic amines) is 1. The predicted octanol–water partition coefficient (Wildman–Crippen LogP) is 1.08. The van der Waals surface area contributed by atoms with E-state index in [9.17, 15) is 14.0 Å². The third-order valence-corrected chi connectivity index (χ3v) is 4.13. The van der Waals surface area contributed by atoms with E-state index in [0.29, 0.717) is 25.9 Å². The van der Waals surface area contributed by atoms with Gasteiger partial charge in [0.2, 0.25) is 5.91 Å². The van der Waals surface area contributed by atoms with E-state index in [4.69, 9.17) is 0 Å². The van der Waals surface area contributed by atoms with Crippen molar-refractivity contribution < 1.29 is 14.0 Å². The van der Waals surface area contributed by atoms with Gasteiger partial charge in [0.25, 0.3) is 0 Å². The molecule has 1 aliphatic rings. The summed E-state index contributed by atoms with van der Waals surface area (Å²) in [5, 5.41) is 9.80. The summed E-state index contributed by atoms with van der Waals surface area (Å²) in [6.45, 7) is 1.06. The number of nitrogens with one attached hydrogen (secondary N) is 2. The normalized spacial score (nSPS) is 17.0. The SMILES string of the molecule is CN1CCC(NC(=O)NCCc2ccn(-c3ccc(F)cc3)n2)C1=O. The molecule has 2 aromatic rings. The molecular formula is C17H20FN5O2. The molecule has 1 fully saturated rings. The van der Waals surface area contributed by atoms with Crippen molar-refractivity contribution >= 4 is 11.9 Å². The number of nitrogens with zero attached hydrogens (tertiary/aromatic N) is 3. The van der Waals surface area contributed by atoms with Gasteiger partial charge in [-0.15, -0.1) is 0 Å². The van der Waals surface area contributed by atoms with Crippen molar-refractivity contribution in [2.45, 2.75) is 18.9 Å². The lowest BCUT2D eigenvalue weighted by Gasteiger charge is -2.12. The van der Waals surface area contributed by atoms with Gasteiger partial charge in [0.1, 0.15) is 11.9 Å². The summed E-state index contributed by atoms with van der Waals surface area (Å²) in [5.41, 5.74) is 1.57. The first kappa shape index (κ1) is 16.9. The van der Waals surface area contributed by atoms with Gasteiger partial charge in [0, 0.05) is 32.8 Å². The van der Waals surface area contributed by atoms with Gasteiger partial charge in [0.05, 0.1) is 11.4 Å². The molecule has 7 nitrogen and oxygen atoms in total. The second-order valence-electron chi connectivity index (χ2n) is 5.98. The fourth-order valence-corrected chi connectivity index (χ4v) is 2.70. The molecule has 3 rings (SSSR count). The lowest BCUT2D eigenvalue weighted by atomic mass is 10.2. The number of rotatable bonds is 5. The van der Waals surface area contributed by atoms with Gasteiger partial charge < -0.3 is 15.5 Å². The van der Waals surface area contributed by atoms with Gasteiger partial charge in [-0.25, -0.2) is 13.9 Å². The Balaban J connectivity index is 1.45. The van der Waals surface area contributed by atoms with E-state index in [1.165, 1.54) is 12.1 Å². The topological polar surface area (TPSA) is 79.3 Å². The van der Waals surface area contributed by atoms with Crippen LogP contribution in [0.25, 0.3) is 5.69 Å². The number of halogens is 1. The van der Waals surface area contributed by atoms with Crippen molar-refractivity contribution in [3.8, 4) is 5.69 Å². The zero-order chi connectivity index (χ0) is 17.8. The molecule has 8 heteroatoms. The Morgan fingerprint density at radius 1 is 1.32 bits per heavy atom. The van der Waals surface area contributed by atoms with Crippen LogP contribution in [-0.4, -0.2) is 52.8 Å². The van der Waals surface area contributed by atoms with Gasteiger partial charge in [-0.3, -0.25) is 4.79 Å². The quantitative estimate of drug-likeness (QED) is 0.851. The third-order valence-electron chi connectivity index (χ3n) is 4.13. The molecule has 0 bridgehead atoms. The van der Waals surface area contributed by atoms with E-state index in [0.717, 1.165) is 11.4 Å². The monoisotopic (exact) mass is 345 g/mol. The van der Waals surface area contributed by atoms with Crippen LogP contribution < -0.4 is 10.6 Å². The molecule has 1 aromatic heterocycles. The van der Waals surface area contributed by atoms with Crippen LogP contribution in [0.3, 0.4) is 0 Å². The zero-order valence-corrected chi connectivity index (χ0v) is 13.9. The van der Waals surface area contributed by atoms with Crippen LogP contribution in [-0.2, 0) is 11.2 Å². The Morgan fingerprint density at radius 2 is 2.08 bits per heavy atom. The summed E-state index contributed by atoms with van der Waals surface area (Å²) in [6, 6.07) is 7.10. The highest BCUT2D eigenvalue weighted by Gasteiger charge is 2.29. The van der Waals surface area contributed by atoms with Crippen molar-refractivity contribution in [1.29, 1.82) is 0 Å². The van der Waals surface area contributed by atoms with Gasteiger partial charge in [-0.05, 0) is 36.8 Å². The third kappa shape index (κ3) is 4.14. The van der Waals surface area contributed by atoms with Crippen LogP contribution in [0.2, 0.25) is 0 Å². The van der Waals surface area contributed by atoms with Crippen molar-refractivity contribution in [2.75, 3.05) is 20.1 Å². The van der Waals surface area contributed by atoms with Crippen LogP contribution in [0, 0.1) is 5.82 Å². The van der Waals surface area contributed by atoms with Crippen molar-refractivity contribution in [3.05, 3.63) is 48.0 Å². The second kappa shape index (κ2) is 7.33. The van der Waals surface area contributed by atoms with E-state index < -0.39 is 6.04 Å². The summed E-state index contributed by atoms with van der Waals surface area (Å²) in [7, 11) is 1.72. The van der Waals surface area contributed by atoms with E-state index in [1.54, 1.807) is 35.0 Å². The molecule has 2 N–H and O–H groups in total. The van der Waals surface area contributed by atoms with Gasteiger partial charge in [-0.2, -0.15) is 5.10 Å². The molecular weight excluding hydrogens is 325 g/mol. The van der Waals surface area contributed by atoms with E-state index in [1.807, 2.05) is 6.07 Å². The minimum Gasteiger partial charge on any atom is -0.344 e. The molecule has 2 heterocycles. The van der Waals surface area contributed by atoms with E-state index >= 15 is 0 Å². The number of carbonyl (C=O) groups is 2. The number of hydrogen-bond acceptors (Lipinski definition) is 3. The zero-order valence-electron chi connectivity index (χ0n) is 13.9. The highest BCUT2D eigenvalue weighted by molar-refractivity contribution is 5.88. The van der Waals surface area contributed by atoms with Crippen LogP contribution in [0.1, 0.15) is 12.1 Å². The number of aromatic nitrogens is 2. The van der Waals surface area contributed by atoms with E-state index in [2.05, 4.69) is 15.7 Å². The lowest BCUT2D eigenvalue weighted by Crippen LogP contribution is -2.46. The molecule has 25 heavy (non-hydrogen) atoms. The van der Waals surface area contributed by atoms with Crippen LogP contribution >= 0.6 is 0 Å². The molecule has 1 aliphatic heterocycles. The maximum Gasteiger partial charge on any atom is 0.315 e. The largest absolute Gasteiger partial charge is 0.344 e. The molecule has 0 spiro atoms. The molecule has 0 radical (unpaired) electrons. The molecule has 0 aliphatic carbocycles. The van der Waals surface area contributed by atoms with Crippen LogP contribution in [0.15, 0.2) is 36.5 Å². The fourth-order valence-electron chi connectivity index (χ4n) is 2.70. The molecule has 0 saturated carbocycles. The Morgan fingerprint density at radius 3 is 2.76 bits per heavy atom. The number of hydrogen-bond donors (Lipinski definition) is 2. The minimum atomic E-state index is -0.442. The first-order valence-electron chi connectivity index (χ1n) is 8.13. The predicted molar refractivity (Wildman–Crippen MR) is 89.8 cm³/mol. The number of likely N-dealkylation sites (N-methyl/N-ethyl adjacent to an activating group) is 1. The Bertz CT molecular complexity index is 759. The first-order chi connectivity index (χ1) is 12.0. The highest BCUT2D eigenvalue weighted by atomic mass is 19.1. The smallest absolute Gasteiger partial charge is 0.315 e. The Kier molecular flexibility index (Phi) is 4.97. The average Bonchev–Trinajstić information content (AvgIpc) is 3.18. The molecule has 1 aromatic carbocycles. The maximum atomic E-state index is 12.9. The Labute approximate surface area is 144 Å². The molecule has 3 amide bonds. The highest BCUT2D eigenvalue weighted by Crippen LogP contribution is 2.09. The minimum absolute atomic E-state index is 0.0619. The number of benzene rings is 1. The summed E-state index contributed by atoms with van der Waals surface area (Å²) < 4.78 is 14.6. The maximum absolute atomic E-state index is 12.9. The van der Waals surface area contributed by atoms with Crippen molar-refractivity contribution in [2.24, 2.45) is 0 Å². The summed E-state index contributed by atoms with van der Waals surface area (Å²) in [5.74, 6) is -0.355. The van der Waals surface area contributed by atoms with Crippen LogP contribution in [0.5, 0.6) is 0 Å². The summed E-state index contributed by atoms with van der Waals surface area (Å²) in [6.07, 6.45) is 2.97. The Hall–Kier alpha value is -2.90. The lowest BCUT2D eigenvalue weighted by molar-refractivity contribution is -0.128. The van der Waals surface area contributed by atoms with E-state index in [-0.39, 0.29) is 17.8 Å². The average molecular weight is 345 g/mol. The molecule has 132 valence electrons.